The molecule has 1 fully saturated rings. The van der Waals surface area contributed by atoms with Crippen molar-refractivity contribution < 1.29 is 14.3 Å². The summed E-state index contributed by atoms with van der Waals surface area (Å²) in [4.78, 5) is 14.7. The van der Waals surface area contributed by atoms with Crippen molar-refractivity contribution in [1.82, 2.24) is 4.90 Å². The molecule has 1 aliphatic heterocycles. The summed E-state index contributed by atoms with van der Waals surface area (Å²) in [7, 11) is 0. The summed E-state index contributed by atoms with van der Waals surface area (Å²) in [6.07, 6.45) is 3.19. The summed E-state index contributed by atoms with van der Waals surface area (Å²) in [6, 6.07) is 7.41. The Morgan fingerprint density at radius 3 is 2.96 bits per heavy atom. The molecule has 23 heavy (non-hydrogen) atoms. The number of benzene rings is 1. The van der Waals surface area contributed by atoms with Crippen LogP contribution in [0.1, 0.15) is 44.0 Å². The summed E-state index contributed by atoms with van der Waals surface area (Å²) in [5, 5.41) is 11.6. The van der Waals surface area contributed by atoms with Gasteiger partial charge in [-0.3, -0.25) is 4.79 Å². The Kier molecular flexibility index (Phi) is 4.19. The number of carbonyl (C=O) groups excluding carboxylic acids is 1. The first-order chi connectivity index (χ1) is 10.9. The van der Waals surface area contributed by atoms with Crippen LogP contribution in [0.3, 0.4) is 0 Å². The van der Waals surface area contributed by atoms with Crippen LogP contribution in [0.2, 0.25) is 0 Å². The molecule has 2 atom stereocenters. The highest BCUT2D eigenvalue weighted by atomic mass is 16.3. The predicted octanol–water partition coefficient (Wildman–Crippen LogP) is 3.69. The van der Waals surface area contributed by atoms with E-state index >= 15 is 0 Å². The van der Waals surface area contributed by atoms with Crippen LogP contribution in [0.5, 0.6) is 0 Å². The number of carbonyl (C=O) groups is 1. The third-order valence-corrected chi connectivity index (χ3v) is 4.95. The van der Waals surface area contributed by atoms with Gasteiger partial charge in [0.15, 0.2) is 0 Å². The lowest BCUT2D eigenvalue weighted by molar-refractivity contribution is -0.0577. The van der Waals surface area contributed by atoms with Crippen LogP contribution in [0.15, 0.2) is 34.9 Å². The van der Waals surface area contributed by atoms with Gasteiger partial charge < -0.3 is 14.4 Å². The smallest absolute Gasteiger partial charge is 0.253 e. The fraction of sp³-hybridized carbons (Fsp3) is 0.526. The molecule has 0 spiro atoms. The Hall–Kier alpha value is -1.81. The molecule has 1 amide bonds. The van der Waals surface area contributed by atoms with E-state index in [2.05, 4.69) is 13.8 Å². The van der Waals surface area contributed by atoms with Crippen LogP contribution in [0.25, 0.3) is 11.0 Å². The van der Waals surface area contributed by atoms with Gasteiger partial charge in [0.2, 0.25) is 0 Å². The van der Waals surface area contributed by atoms with Gasteiger partial charge in [-0.1, -0.05) is 13.8 Å². The molecule has 4 heteroatoms. The zero-order chi connectivity index (χ0) is 16.6. The van der Waals surface area contributed by atoms with Gasteiger partial charge in [-0.2, -0.15) is 0 Å². The highest BCUT2D eigenvalue weighted by Gasteiger charge is 2.39. The van der Waals surface area contributed by atoms with Crippen molar-refractivity contribution >= 4 is 16.9 Å². The van der Waals surface area contributed by atoms with E-state index in [4.69, 9.17) is 4.42 Å². The van der Waals surface area contributed by atoms with Gasteiger partial charge in [0.1, 0.15) is 5.58 Å². The third-order valence-electron chi connectivity index (χ3n) is 4.95. The van der Waals surface area contributed by atoms with E-state index in [1.54, 1.807) is 6.26 Å². The standard InChI is InChI=1S/C19H25NO3/c1-13(2)10-16-12-20(8-7-19(16,3)22)18(21)15-4-5-17-14(11-15)6-9-23-17/h4-6,9,11,13,16,22H,7-8,10,12H2,1-3H3/t16-,19+/m1/s1. The van der Waals surface area contributed by atoms with Crippen molar-refractivity contribution in [1.29, 1.82) is 0 Å². The molecule has 0 radical (unpaired) electrons. The van der Waals surface area contributed by atoms with Gasteiger partial charge in [0.05, 0.1) is 11.9 Å². The van der Waals surface area contributed by atoms with Crippen molar-refractivity contribution in [3.8, 4) is 0 Å². The third kappa shape index (κ3) is 3.27. The maximum absolute atomic E-state index is 12.8. The van der Waals surface area contributed by atoms with E-state index in [0.29, 0.717) is 31.0 Å². The number of furan rings is 1. The van der Waals surface area contributed by atoms with Crippen molar-refractivity contribution in [3.63, 3.8) is 0 Å². The molecule has 1 aromatic heterocycles. The first-order valence-electron chi connectivity index (χ1n) is 8.36. The average Bonchev–Trinajstić information content (AvgIpc) is 2.95. The molecule has 0 aliphatic carbocycles. The van der Waals surface area contributed by atoms with Crippen molar-refractivity contribution in [3.05, 3.63) is 36.1 Å². The molecule has 0 saturated carbocycles. The summed E-state index contributed by atoms with van der Waals surface area (Å²) < 4.78 is 5.33. The molecule has 1 saturated heterocycles. The maximum Gasteiger partial charge on any atom is 0.253 e. The number of rotatable bonds is 3. The van der Waals surface area contributed by atoms with Crippen LogP contribution in [0, 0.1) is 11.8 Å². The van der Waals surface area contributed by atoms with Crippen molar-refractivity contribution in [2.75, 3.05) is 13.1 Å². The Bertz CT molecular complexity index is 701. The Balaban J connectivity index is 1.79. The van der Waals surface area contributed by atoms with Crippen LogP contribution in [-0.2, 0) is 0 Å². The molecule has 1 aromatic carbocycles. The zero-order valence-electron chi connectivity index (χ0n) is 14.1. The zero-order valence-corrected chi connectivity index (χ0v) is 14.1. The number of aliphatic hydroxyl groups is 1. The van der Waals surface area contributed by atoms with Gasteiger partial charge in [0.25, 0.3) is 5.91 Å². The number of likely N-dealkylation sites (tertiary alicyclic amines) is 1. The SMILES string of the molecule is CC(C)C[C@@H]1CN(C(=O)c2ccc3occc3c2)CC[C@]1(C)O. The molecular formula is C19H25NO3. The van der Waals surface area contributed by atoms with Crippen LogP contribution in [0.4, 0.5) is 0 Å². The second kappa shape index (κ2) is 6.00. The minimum Gasteiger partial charge on any atom is -0.464 e. The Morgan fingerprint density at radius 1 is 1.43 bits per heavy atom. The van der Waals surface area contributed by atoms with Gasteiger partial charge >= 0.3 is 0 Å². The summed E-state index contributed by atoms with van der Waals surface area (Å²) >= 11 is 0. The normalized spacial score (nSPS) is 25.3. The highest BCUT2D eigenvalue weighted by Crippen LogP contribution is 2.33. The van der Waals surface area contributed by atoms with E-state index in [1.165, 1.54) is 0 Å². The van der Waals surface area contributed by atoms with Crippen LogP contribution < -0.4 is 0 Å². The summed E-state index contributed by atoms with van der Waals surface area (Å²) in [5.41, 5.74) is 0.791. The van der Waals surface area contributed by atoms with E-state index in [1.807, 2.05) is 36.1 Å². The van der Waals surface area contributed by atoms with E-state index in [0.717, 1.165) is 17.4 Å². The monoisotopic (exact) mass is 315 g/mol. The largest absolute Gasteiger partial charge is 0.464 e. The van der Waals surface area contributed by atoms with Crippen LogP contribution >= 0.6 is 0 Å². The molecular weight excluding hydrogens is 290 g/mol. The molecule has 0 unspecified atom stereocenters. The van der Waals surface area contributed by atoms with Crippen molar-refractivity contribution in [2.24, 2.45) is 11.8 Å². The fourth-order valence-electron chi connectivity index (χ4n) is 3.48. The topological polar surface area (TPSA) is 53.7 Å². The highest BCUT2D eigenvalue weighted by molar-refractivity contribution is 5.97. The quantitative estimate of drug-likeness (QED) is 0.940. The van der Waals surface area contributed by atoms with Gasteiger partial charge in [0, 0.05) is 30.0 Å². The lowest BCUT2D eigenvalue weighted by Crippen LogP contribution is -2.52. The maximum atomic E-state index is 12.8. The lowest BCUT2D eigenvalue weighted by Gasteiger charge is -2.43. The van der Waals surface area contributed by atoms with Gasteiger partial charge in [-0.15, -0.1) is 0 Å². The Morgan fingerprint density at radius 2 is 2.22 bits per heavy atom. The molecule has 1 aliphatic rings. The fourth-order valence-corrected chi connectivity index (χ4v) is 3.48. The molecule has 124 valence electrons. The Labute approximate surface area is 137 Å². The molecule has 4 nitrogen and oxygen atoms in total. The molecule has 2 aromatic rings. The molecule has 1 N–H and O–H groups in total. The number of hydrogen-bond donors (Lipinski definition) is 1. The van der Waals surface area contributed by atoms with Gasteiger partial charge in [-0.05, 0) is 49.9 Å². The number of piperidine rings is 1. The lowest BCUT2D eigenvalue weighted by atomic mass is 9.78. The number of hydrogen-bond acceptors (Lipinski definition) is 3. The molecule has 3 rings (SSSR count). The molecule has 2 heterocycles. The van der Waals surface area contributed by atoms with Crippen molar-refractivity contribution in [2.45, 2.75) is 39.2 Å². The molecule has 0 bridgehead atoms. The summed E-state index contributed by atoms with van der Waals surface area (Å²) in [5.74, 6) is 0.666. The second-order valence-electron chi connectivity index (χ2n) is 7.36. The average molecular weight is 315 g/mol. The van der Waals surface area contributed by atoms with E-state index in [-0.39, 0.29) is 11.8 Å². The number of fused-ring (bicyclic) bond motifs is 1. The minimum absolute atomic E-state index is 0.0392. The first kappa shape index (κ1) is 16.1. The predicted molar refractivity (Wildman–Crippen MR) is 90.3 cm³/mol. The van der Waals surface area contributed by atoms with E-state index in [9.17, 15) is 9.90 Å². The van der Waals surface area contributed by atoms with E-state index < -0.39 is 5.60 Å². The number of amides is 1. The summed E-state index contributed by atoms with van der Waals surface area (Å²) in [6.45, 7) is 7.43. The first-order valence-corrected chi connectivity index (χ1v) is 8.36. The minimum atomic E-state index is -0.685. The number of nitrogens with zero attached hydrogens (tertiary/aromatic N) is 1. The van der Waals surface area contributed by atoms with Gasteiger partial charge in [-0.25, -0.2) is 0 Å². The second-order valence-corrected chi connectivity index (χ2v) is 7.36. The van der Waals surface area contributed by atoms with Crippen LogP contribution in [-0.4, -0.2) is 34.6 Å².